The number of alkyl halides is 1. The molecule has 8 aromatic heterocycles. The molecule has 0 bridgehead atoms. The van der Waals surface area contributed by atoms with Crippen molar-refractivity contribution in [1.82, 2.24) is 39.9 Å². The highest BCUT2D eigenvalue weighted by Gasteiger charge is 2.35. The second kappa shape index (κ2) is 30.4. The van der Waals surface area contributed by atoms with Crippen LogP contribution in [0.3, 0.4) is 0 Å². The van der Waals surface area contributed by atoms with E-state index in [1.54, 1.807) is 49.2 Å². The second-order valence-electron chi connectivity index (χ2n) is 11.0. The number of aromatic nitrogens is 8. The van der Waals surface area contributed by atoms with Crippen LogP contribution in [-0.2, 0) is 4.79 Å². The standard InChI is InChI=1S/C10H7N3O2.C8H6N4O3.C8H8N4O.C5H3ClN2O2.C3H4N2O.C2H3N.CH3I.CH4O/c14-9-8(10-12-3-4-15-10)6-1-2-11-5-7(6)13-9;13-12(14)7-5-9-2-1-6(7)11-8-10-3-4-15-8;9-6-5-10-2-1-7(6)12-8-11-3-4-13-8;6-4-1-2-7-3-5(4)8(9)10;4-3-5-1-2-6-3;1-2-3;2*1-2/h1-5,8H,(H,13,14);1-5H,(H,9,10,11);1-5H,9H2,(H,10,11,12);1-3H;1-2H,(H2,4,5);1H3;1H3;2H,1H3/i;;;;;;1D;. The Morgan fingerprint density at radius 3 is 1.73 bits per heavy atom. The Balaban J connectivity index is 0.000000282. The Hall–Kier alpha value is -8.62. The summed E-state index contributed by atoms with van der Waals surface area (Å²) in [7, 11) is 1.00. The Kier molecular flexibility index (Phi) is 23.9. The molecule has 8 N–H and O–H groups in total. The van der Waals surface area contributed by atoms with Crippen LogP contribution in [-0.4, -0.2) is 72.7 Å². The van der Waals surface area contributed by atoms with Gasteiger partial charge in [0.1, 0.15) is 54.1 Å². The molecule has 1 amide bonds. The van der Waals surface area contributed by atoms with Crippen molar-refractivity contribution in [2.24, 2.45) is 0 Å². The molecule has 0 spiro atoms. The lowest BCUT2D eigenvalue weighted by Crippen LogP contribution is -2.13. The summed E-state index contributed by atoms with van der Waals surface area (Å²) in [6.07, 6.45) is 23.3. The molecule has 9 rings (SSSR count). The number of rotatable bonds is 7. The largest absolute Gasteiger partial charge is 0.448 e. The number of oxazole rings is 4. The summed E-state index contributed by atoms with van der Waals surface area (Å²) in [5.41, 5.74) is 13.5. The van der Waals surface area contributed by atoms with Crippen molar-refractivity contribution in [1.29, 1.82) is 5.26 Å². The van der Waals surface area contributed by atoms with Gasteiger partial charge in [-0.15, -0.1) is 0 Å². The van der Waals surface area contributed by atoms with Gasteiger partial charge < -0.3 is 50.2 Å². The first-order chi connectivity index (χ1) is 32.4. The van der Waals surface area contributed by atoms with Gasteiger partial charge in [-0.25, -0.2) is 19.9 Å². The molecule has 1 unspecified atom stereocenters. The maximum atomic E-state index is 11.7. The normalized spacial score (nSPS) is 11.1. The Morgan fingerprint density at radius 1 is 0.773 bits per heavy atom. The average molecular weight is 1040 g/mol. The molecule has 344 valence electrons. The first-order valence-electron chi connectivity index (χ1n) is 18.4. The van der Waals surface area contributed by atoms with Crippen LogP contribution in [0.15, 0.2) is 141 Å². The van der Waals surface area contributed by atoms with Crippen LogP contribution in [0.4, 0.5) is 52.2 Å². The molecule has 8 aromatic rings. The second-order valence-corrected chi connectivity index (χ2v) is 11.4. The number of pyridine rings is 4. The van der Waals surface area contributed by atoms with E-state index in [1.807, 2.05) is 22.6 Å². The number of halogens is 2. The van der Waals surface area contributed by atoms with Crippen LogP contribution in [0.25, 0.3) is 0 Å². The van der Waals surface area contributed by atoms with Crippen molar-refractivity contribution in [3.8, 4) is 6.07 Å². The Morgan fingerprint density at radius 2 is 1.26 bits per heavy atom. The summed E-state index contributed by atoms with van der Waals surface area (Å²) in [5.74, 6) is -0.157. The van der Waals surface area contributed by atoms with Crippen molar-refractivity contribution in [2.45, 2.75) is 12.8 Å². The van der Waals surface area contributed by atoms with Gasteiger partial charge in [0.15, 0.2) is 0 Å². The molecule has 9 heterocycles. The summed E-state index contributed by atoms with van der Waals surface area (Å²) >= 11 is 7.39. The average Bonchev–Trinajstić information content (AvgIpc) is 4.20. The molecule has 28 heteroatoms. The number of anilines is 7. The van der Waals surface area contributed by atoms with E-state index in [4.69, 9.17) is 48.1 Å². The van der Waals surface area contributed by atoms with Crippen molar-refractivity contribution >= 4 is 92.3 Å². The predicted octanol–water partition coefficient (Wildman–Crippen LogP) is 7.36. The topological polar surface area (TPSA) is 391 Å². The molecule has 26 nitrogen and oxygen atoms in total. The van der Waals surface area contributed by atoms with Crippen molar-refractivity contribution in [3.05, 3.63) is 160 Å². The third-order valence-corrected chi connectivity index (χ3v) is 7.30. The first kappa shape index (κ1) is 51.7. The van der Waals surface area contributed by atoms with E-state index < -0.39 is 15.8 Å². The van der Waals surface area contributed by atoms with Gasteiger partial charge in [0, 0.05) is 45.8 Å². The fraction of sp³-hybridized carbons (Fsp3) is 0.105. The summed E-state index contributed by atoms with van der Waals surface area (Å²) in [6.45, 7) is 1.43. The lowest BCUT2D eigenvalue weighted by Gasteiger charge is -2.03. The molecule has 0 saturated heterocycles. The number of nitrogens with one attached hydrogen (secondary N) is 3. The molecule has 0 fully saturated rings. The zero-order chi connectivity index (χ0) is 49.4. The van der Waals surface area contributed by atoms with E-state index in [0.29, 0.717) is 22.5 Å². The fourth-order valence-corrected chi connectivity index (χ4v) is 4.60. The number of nitro groups is 2. The number of nitrogen functional groups attached to an aromatic ring is 2. The summed E-state index contributed by atoms with van der Waals surface area (Å²) < 4.78 is 25.7. The molecule has 0 saturated carbocycles. The fourth-order valence-electron chi connectivity index (χ4n) is 4.43. The van der Waals surface area contributed by atoms with Gasteiger partial charge in [0.05, 0.1) is 70.2 Å². The van der Waals surface area contributed by atoms with E-state index in [9.17, 15) is 25.0 Å². The number of fused-ring (bicyclic) bond motifs is 1. The number of aliphatic hydroxyl groups excluding tert-OH is 1. The first-order valence-corrected chi connectivity index (χ1v) is 19.6. The summed E-state index contributed by atoms with van der Waals surface area (Å²) in [6, 6.07) is 8.97. The number of carbonyl (C=O) groups excluding carboxylic acids is 1. The van der Waals surface area contributed by atoms with Gasteiger partial charge in [-0.05, 0) is 29.2 Å². The highest BCUT2D eigenvalue weighted by atomic mass is 127. The van der Waals surface area contributed by atoms with Crippen LogP contribution < -0.4 is 27.4 Å². The van der Waals surface area contributed by atoms with E-state index in [1.165, 1.54) is 75.1 Å². The van der Waals surface area contributed by atoms with Crippen LogP contribution in [0.2, 0.25) is 5.02 Å². The number of nitriles is 1. The van der Waals surface area contributed by atoms with Gasteiger partial charge in [0.25, 0.3) is 18.0 Å². The predicted molar refractivity (Wildman–Crippen MR) is 247 cm³/mol. The minimum Gasteiger partial charge on any atom is -0.448 e. The third kappa shape index (κ3) is 18.0. The maximum Gasteiger partial charge on any atom is 0.310 e. The van der Waals surface area contributed by atoms with E-state index in [2.05, 4.69) is 60.2 Å². The zero-order valence-electron chi connectivity index (χ0n) is 35.3. The van der Waals surface area contributed by atoms with Gasteiger partial charge >= 0.3 is 11.4 Å². The van der Waals surface area contributed by atoms with Crippen LogP contribution in [0, 0.1) is 31.6 Å². The van der Waals surface area contributed by atoms with Crippen molar-refractivity contribution in [2.75, 3.05) is 39.4 Å². The number of nitrogens with zero attached hydrogens (tertiary/aromatic N) is 11. The number of hydrogen-bond acceptors (Lipinski definition) is 23. The summed E-state index contributed by atoms with van der Waals surface area (Å²) in [4.78, 5) is 62.0. The van der Waals surface area contributed by atoms with Crippen molar-refractivity contribution in [3.63, 3.8) is 0 Å². The van der Waals surface area contributed by atoms with Gasteiger partial charge in [-0.1, -0.05) is 34.2 Å². The van der Waals surface area contributed by atoms with Crippen LogP contribution in [0.1, 0.15) is 25.7 Å². The van der Waals surface area contributed by atoms with Crippen LogP contribution in [0.5, 0.6) is 0 Å². The Bertz CT molecular complexity index is 2660. The highest BCUT2D eigenvalue weighted by Crippen LogP contribution is 2.35. The van der Waals surface area contributed by atoms with E-state index >= 15 is 0 Å². The molecular weight excluding hydrogens is 1000 g/mol. The molecule has 0 radical (unpaired) electrons. The van der Waals surface area contributed by atoms with E-state index in [0.717, 1.165) is 36.4 Å². The number of nitrogens with two attached hydrogens (primary N) is 2. The Labute approximate surface area is 393 Å². The molecule has 1 aliphatic heterocycles. The molecular formula is C38H38ClIN16O10. The van der Waals surface area contributed by atoms with Gasteiger partial charge in [-0.3, -0.25) is 45.0 Å². The zero-order valence-corrected chi connectivity index (χ0v) is 37.2. The third-order valence-electron chi connectivity index (χ3n) is 6.98. The summed E-state index contributed by atoms with van der Waals surface area (Å²) in [5, 5.41) is 43.5. The number of aliphatic hydroxyl groups is 1. The smallest absolute Gasteiger partial charge is 0.310 e. The number of hydrogen-bond donors (Lipinski definition) is 6. The van der Waals surface area contributed by atoms with Crippen LogP contribution >= 0.6 is 34.2 Å². The lowest BCUT2D eigenvalue weighted by atomic mass is 10.0. The lowest BCUT2D eigenvalue weighted by molar-refractivity contribution is -0.385. The van der Waals surface area contributed by atoms with Crippen molar-refractivity contribution < 1.29 is 38.8 Å². The number of carbonyl (C=O) groups is 1. The SMILES string of the molecule is CC#N.CO.Nc1cnccc1Nc1ncco1.Nc1ncco1.O=C1Nc2cnccc2C1c1ncco1.O=[N+]([O-])c1cnccc1Cl.O=[N+]([O-])c1cnccc1Nc1ncco1.[2H]CI. The quantitative estimate of drug-likeness (QED) is 0.0393. The highest BCUT2D eigenvalue weighted by molar-refractivity contribution is 14.1. The minimum atomic E-state index is -0.574. The minimum absolute atomic E-state index is 0.111. The van der Waals surface area contributed by atoms with E-state index in [-0.39, 0.29) is 40.0 Å². The molecule has 1 atom stereocenters. The molecule has 0 aromatic carbocycles. The molecule has 0 aliphatic carbocycles. The van der Waals surface area contributed by atoms with Gasteiger partial charge in [0.2, 0.25) is 11.8 Å². The van der Waals surface area contributed by atoms with Gasteiger partial charge in [-0.2, -0.15) is 5.26 Å². The monoisotopic (exact) mass is 1040 g/mol. The number of amides is 1. The molecule has 66 heavy (non-hydrogen) atoms. The maximum absolute atomic E-state index is 11.7. The molecule has 1 aliphatic rings.